The van der Waals surface area contributed by atoms with Crippen LogP contribution in [0.1, 0.15) is 37.2 Å². The van der Waals surface area contributed by atoms with Crippen LogP contribution >= 0.6 is 12.2 Å². The van der Waals surface area contributed by atoms with E-state index in [0.29, 0.717) is 5.92 Å². The summed E-state index contributed by atoms with van der Waals surface area (Å²) in [6.07, 6.45) is 6.29. The summed E-state index contributed by atoms with van der Waals surface area (Å²) in [7, 11) is 0. The van der Waals surface area contributed by atoms with E-state index < -0.39 is 0 Å². The van der Waals surface area contributed by atoms with Gasteiger partial charge < -0.3 is 4.98 Å². The molecule has 1 heterocycles. The molecule has 3 heteroatoms. The van der Waals surface area contributed by atoms with Gasteiger partial charge in [-0.1, -0.05) is 12.2 Å². The van der Waals surface area contributed by atoms with E-state index in [1.807, 2.05) is 12.3 Å². The largest absolute Gasteiger partial charge is 0.361 e. The quantitative estimate of drug-likeness (QED) is 0.741. The summed E-state index contributed by atoms with van der Waals surface area (Å²) in [6.45, 7) is 0. The van der Waals surface area contributed by atoms with Crippen molar-refractivity contribution in [3.63, 3.8) is 0 Å². The smallest absolute Gasteiger partial charge is 0.123 e. The average molecular weight is 247 g/mol. The van der Waals surface area contributed by atoms with E-state index in [0.717, 1.165) is 36.6 Å². The Labute approximate surface area is 105 Å². The molecule has 0 unspecified atom stereocenters. The third-order valence-corrected chi connectivity index (χ3v) is 4.07. The first-order chi connectivity index (χ1) is 8.24. The summed E-state index contributed by atoms with van der Waals surface area (Å²) in [5.74, 6) is 0.363. The Morgan fingerprint density at radius 1 is 1.24 bits per heavy atom. The van der Waals surface area contributed by atoms with Crippen LogP contribution in [0, 0.1) is 5.82 Å². The van der Waals surface area contributed by atoms with E-state index in [1.165, 1.54) is 16.5 Å². The number of hydrogen-bond acceptors (Lipinski definition) is 1. The molecule has 0 amide bonds. The van der Waals surface area contributed by atoms with Gasteiger partial charge in [-0.3, -0.25) is 0 Å². The van der Waals surface area contributed by atoms with Crippen molar-refractivity contribution >= 4 is 28.0 Å². The second-order valence-electron chi connectivity index (χ2n) is 4.75. The number of aromatic nitrogens is 1. The van der Waals surface area contributed by atoms with Gasteiger partial charge in [-0.25, -0.2) is 4.39 Å². The second kappa shape index (κ2) is 4.22. The fourth-order valence-corrected chi connectivity index (χ4v) is 2.94. The van der Waals surface area contributed by atoms with E-state index in [9.17, 15) is 4.39 Å². The van der Waals surface area contributed by atoms with Gasteiger partial charge in [0.2, 0.25) is 0 Å². The summed E-state index contributed by atoms with van der Waals surface area (Å²) >= 11 is 5.24. The Hall–Kier alpha value is -1.22. The minimum atomic E-state index is -0.162. The zero-order chi connectivity index (χ0) is 11.8. The molecule has 0 saturated heterocycles. The summed E-state index contributed by atoms with van der Waals surface area (Å²) in [6, 6.07) is 4.94. The van der Waals surface area contributed by atoms with Gasteiger partial charge in [0.05, 0.1) is 0 Å². The monoisotopic (exact) mass is 247 g/mol. The molecule has 1 N–H and O–H groups in total. The molecule has 1 aromatic heterocycles. The topological polar surface area (TPSA) is 15.8 Å². The number of H-pyrrole nitrogens is 1. The summed E-state index contributed by atoms with van der Waals surface area (Å²) in [4.78, 5) is 4.41. The van der Waals surface area contributed by atoms with Gasteiger partial charge in [-0.2, -0.15) is 0 Å². The van der Waals surface area contributed by atoms with E-state index in [2.05, 4.69) is 4.98 Å². The van der Waals surface area contributed by atoms with Gasteiger partial charge in [0.15, 0.2) is 0 Å². The highest BCUT2D eigenvalue weighted by atomic mass is 32.1. The highest BCUT2D eigenvalue weighted by molar-refractivity contribution is 7.80. The van der Waals surface area contributed by atoms with E-state index in [4.69, 9.17) is 12.2 Å². The highest BCUT2D eigenvalue weighted by Gasteiger charge is 2.20. The van der Waals surface area contributed by atoms with Gasteiger partial charge in [0.25, 0.3) is 0 Å². The molecule has 1 saturated carbocycles. The van der Waals surface area contributed by atoms with Crippen molar-refractivity contribution in [2.24, 2.45) is 0 Å². The average Bonchev–Trinajstić information content (AvgIpc) is 2.73. The fraction of sp³-hybridized carbons (Fsp3) is 0.357. The molecule has 1 aliphatic rings. The number of halogens is 1. The summed E-state index contributed by atoms with van der Waals surface area (Å²) in [5, 5.41) is 1.03. The Morgan fingerprint density at radius 2 is 2.00 bits per heavy atom. The van der Waals surface area contributed by atoms with Crippen LogP contribution in [0.2, 0.25) is 0 Å². The molecule has 0 atom stereocenters. The molecule has 17 heavy (non-hydrogen) atoms. The molecule has 1 nitrogen and oxygen atoms in total. The van der Waals surface area contributed by atoms with E-state index in [-0.39, 0.29) is 5.82 Å². The fourth-order valence-electron chi connectivity index (χ4n) is 2.70. The lowest BCUT2D eigenvalue weighted by molar-refractivity contribution is 0.575. The Bertz CT molecular complexity index is 563. The van der Waals surface area contributed by atoms with Gasteiger partial charge in [0, 0.05) is 17.1 Å². The van der Waals surface area contributed by atoms with Gasteiger partial charge in [-0.15, -0.1) is 0 Å². The van der Waals surface area contributed by atoms with E-state index in [1.54, 1.807) is 6.07 Å². The van der Waals surface area contributed by atoms with Crippen LogP contribution in [0.15, 0.2) is 24.4 Å². The molecule has 1 aliphatic carbocycles. The lowest BCUT2D eigenvalue weighted by atomic mass is 9.84. The maximum atomic E-state index is 13.3. The van der Waals surface area contributed by atoms with Crippen LogP contribution in [-0.2, 0) is 0 Å². The van der Waals surface area contributed by atoms with Crippen molar-refractivity contribution in [1.29, 1.82) is 0 Å². The molecule has 2 aromatic rings. The van der Waals surface area contributed by atoms with Crippen molar-refractivity contribution in [3.05, 3.63) is 35.8 Å². The highest BCUT2D eigenvalue weighted by Crippen LogP contribution is 2.35. The number of benzene rings is 1. The minimum absolute atomic E-state index is 0.162. The molecular weight excluding hydrogens is 233 g/mol. The third kappa shape index (κ3) is 2.00. The maximum absolute atomic E-state index is 13.3. The number of thiocarbonyl (C=S) groups is 1. The van der Waals surface area contributed by atoms with Crippen LogP contribution in [0.5, 0.6) is 0 Å². The Balaban J connectivity index is 1.99. The van der Waals surface area contributed by atoms with Crippen LogP contribution in [0.4, 0.5) is 4.39 Å². The zero-order valence-electron chi connectivity index (χ0n) is 9.50. The zero-order valence-corrected chi connectivity index (χ0v) is 10.3. The molecule has 0 aliphatic heterocycles. The first kappa shape index (κ1) is 10.9. The molecule has 88 valence electrons. The minimum Gasteiger partial charge on any atom is -0.361 e. The van der Waals surface area contributed by atoms with Crippen molar-refractivity contribution in [3.8, 4) is 0 Å². The molecule has 1 fully saturated rings. The van der Waals surface area contributed by atoms with Gasteiger partial charge in [0.1, 0.15) is 5.82 Å². The molecule has 0 bridgehead atoms. The van der Waals surface area contributed by atoms with Crippen LogP contribution in [0.25, 0.3) is 10.9 Å². The van der Waals surface area contributed by atoms with E-state index >= 15 is 0 Å². The van der Waals surface area contributed by atoms with Crippen molar-refractivity contribution in [2.75, 3.05) is 0 Å². The normalized spacial score (nSPS) is 17.8. The first-order valence-corrected chi connectivity index (χ1v) is 6.43. The molecular formula is C14H14FNS. The lowest BCUT2D eigenvalue weighted by Gasteiger charge is -2.22. The predicted octanol–water partition coefficient (Wildman–Crippen LogP) is 4.33. The van der Waals surface area contributed by atoms with Crippen LogP contribution in [-0.4, -0.2) is 9.85 Å². The second-order valence-corrected chi connectivity index (χ2v) is 5.32. The van der Waals surface area contributed by atoms with Crippen LogP contribution in [0.3, 0.4) is 0 Å². The molecule has 0 spiro atoms. The van der Waals surface area contributed by atoms with Gasteiger partial charge >= 0.3 is 0 Å². The van der Waals surface area contributed by atoms with Crippen LogP contribution < -0.4 is 0 Å². The Kier molecular flexibility index (Phi) is 2.71. The number of rotatable bonds is 1. The molecule has 1 aromatic carbocycles. The summed E-state index contributed by atoms with van der Waals surface area (Å²) in [5.41, 5.74) is 2.27. The first-order valence-electron chi connectivity index (χ1n) is 6.02. The SMILES string of the molecule is Fc1ccc2[nH]cc(C3CCC(=S)CC3)c2c1. The Morgan fingerprint density at radius 3 is 2.76 bits per heavy atom. The number of nitrogens with one attached hydrogen (secondary N) is 1. The standard InChI is InChI=1S/C14H14FNS/c15-10-3-6-14-12(7-10)13(8-16-14)9-1-4-11(17)5-2-9/h3,6-9,16H,1-2,4-5H2. The number of aromatic amines is 1. The lowest BCUT2D eigenvalue weighted by Crippen LogP contribution is -2.10. The maximum Gasteiger partial charge on any atom is 0.123 e. The van der Waals surface area contributed by atoms with Crippen molar-refractivity contribution in [1.82, 2.24) is 4.98 Å². The van der Waals surface area contributed by atoms with Crippen molar-refractivity contribution in [2.45, 2.75) is 31.6 Å². The molecule has 3 rings (SSSR count). The van der Waals surface area contributed by atoms with Crippen molar-refractivity contribution < 1.29 is 4.39 Å². The third-order valence-electron chi connectivity index (χ3n) is 3.66. The predicted molar refractivity (Wildman–Crippen MR) is 72.1 cm³/mol. The number of fused-ring (bicyclic) bond motifs is 1. The van der Waals surface area contributed by atoms with Gasteiger partial charge in [-0.05, 0) is 60.2 Å². The molecule has 0 radical (unpaired) electrons. The summed E-state index contributed by atoms with van der Waals surface area (Å²) < 4.78 is 13.3. The number of hydrogen-bond donors (Lipinski definition) is 1.